The van der Waals surface area contributed by atoms with Crippen LogP contribution in [0, 0.1) is 6.92 Å². The van der Waals surface area contributed by atoms with Crippen LogP contribution in [0.2, 0.25) is 0 Å². The molecule has 0 radical (unpaired) electrons. The van der Waals surface area contributed by atoms with Crippen LogP contribution in [0.4, 0.5) is 11.4 Å². The third kappa shape index (κ3) is 4.13. The molecule has 0 unspecified atom stereocenters. The molecule has 0 spiro atoms. The number of aromatic nitrogens is 3. The molecule has 1 heterocycles. The van der Waals surface area contributed by atoms with Crippen LogP contribution >= 0.6 is 0 Å². The number of nitrogens with two attached hydrogens (primary N) is 1. The van der Waals surface area contributed by atoms with Gasteiger partial charge in [-0.15, -0.1) is 5.10 Å². The van der Waals surface area contributed by atoms with Crippen molar-refractivity contribution in [2.24, 2.45) is 5.73 Å². The fraction of sp³-hybridized carbons (Fsp3) is 0.214. The largest absolute Gasteiger partial charge is 0.364 e. The van der Waals surface area contributed by atoms with Gasteiger partial charge in [-0.3, -0.25) is 14.4 Å². The van der Waals surface area contributed by atoms with Crippen LogP contribution in [0.5, 0.6) is 0 Å². The van der Waals surface area contributed by atoms with Crippen molar-refractivity contribution in [3.8, 4) is 0 Å². The van der Waals surface area contributed by atoms with Crippen molar-refractivity contribution >= 4 is 29.1 Å². The van der Waals surface area contributed by atoms with E-state index in [0.717, 1.165) is 0 Å². The van der Waals surface area contributed by atoms with E-state index in [1.807, 2.05) is 0 Å². The van der Waals surface area contributed by atoms with E-state index in [2.05, 4.69) is 20.9 Å². The van der Waals surface area contributed by atoms with Gasteiger partial charge in [0, 0.05) is 18.3 Å². The lowest BCUT2D eigenvalue weighted by atomic mass is 10.2. The summed E-state index contributed by atoms with van der Waals surface area (Å²) in [4.78, 5) is 34.0. The van der Waals surface area contributed by atoms with E-state index in [9.17, 15) is 14.4 Å². The van der Waals surface area contributed by atoms with E-state index in [4.69, 9.17) is 5.73 Å². The molecule has 3 amide bonds. The second-order valence-electron chi connectivity index (χ2n) is 4.85. The molecular formula is C14H16N6O3. The van der Waals surface area contributed by atoms with Crippen LogP contribution in [-0.2, 0) is 16.1 Å². The molecule has 0 bridgehead atoms. The highest BCUT2D eigenvalue weighted by atomic mass is 16.2. The highest BCUT2D eigenvalue weighted by Crippen LogP contribution is 2.13. The molecular weight excluding hydrogens is 300 g/mol. The first-order valence-electron chi connectivity index (χ1n) is 6.74. The summed E-state index contributed by atoms with van der Waals surface area (Å²) < 4.78 is 1.29. The Morgan fingerprint density at radius 3 is 2.17 bits per heavy atom. The summed E-state index contributed by atoms with van der Waals surface area (Å²) in [5.41, 5.74) is 6.81. The number of primary amides is 1. The molecule has 2 rings (SSSR count). The van der Waals surface area contributed by atoms with Gasteiger partial charge >= 0.3 is 0 Å². The predicted molar refractivity (Wildman–Crippen MR) is 82.7 cm³/mol. The summed E-state index contributed by atoms with van der Waals surface area (Å²) in [6, 6.07) is 6.66. The van der Waals surface area contributed by atoms with E-state index in [0.29, 0.717) is 17.1 Å². The lowest BCUT2D eigenvalue weighted by Crippen LogP contribution is -2.21. The maximum Gasteiger partial charge on any atom is 0.271 e. The van der Waals surface area contributed by atoms with Crippen LogP contribution < -0.4 is 16.4 Å². The monoisotopic (exact) mass is 316 g/mol. The first kappa shape index (κ1) is 16.1. The maximum absolute atomic E-state index is 12.0. The van der Waals surface area contributed by atoms with Crippen molar-refractivity contribution in [1.29, 1.82) is 0 Å². The molecule has 23 heavy (non-hydrogen) atoms. The molecule has 0 aliphatic heterocycles. The normalized spacial score (nSPS) is 10.2. The average Bonchev–Trinajstić information content (AvgIpc) is 2.82. The molecule has 0 atom stereocenters. The lowest BCUT2D eigenvalue weighted by Gasteiger charge is -2.07. The summed E-state index contributed by atoms with van der Waals surface area (Å²) >= 11 is 0. The topological polar surface area (TPSA) is 132 Å². The van der Waals surface area contributed by atoms with E-state index >= 15 is 0 Å². The Kier molecular flexibility index (Phi) is 4.69. The minimum Gasteiger partial charge on any atom is -0.364 e. The lowest BCUT2D eigenvalue weighted by molar-refractivity contribution is -0.117. The summed E-state index contributed by atoms with van der Waals surface area (Å²) in [5, 5.41) is 12.7. The van der Waals surface area contributed by atoms with Crippen molar-refractivity contribution in [3.05, 3.63) is 35.7 Å². The van der Waals surface area contributed by atoms with Gasteiger partial charge < -0.3 is 16.4 Å². The molecule has 0 aliphatic carbocycles. The molecule has 0 saturated carbocycles. The smallest absolute Gasteiger partial charge is 0.271 e. The van der Waals surface area contributed by atoms with Gasteiger partial charge in [-0.2, -0.15) is 0 Å². The van der Waals surface area contributed by atoms with Gasteiger partial charge in [0.2, 0.25) is 11.8 Å². The second kappa shape index (κ2) is 6.69. The Bertz CT molecular complexity index is 750. The van der Waals surface area contributed by atoms with Gasteiger partial charge in [-0.1, -0.05) is 5.21 Å². The Morgan fingerprint density at radius 2 is 1.70 bits per heavy atom. The predicted octanol–water partition coefficient (Wildman–Crippen LogP) is 0.283. The molecule has 1 aromatic heterocycles. The number of carbonyl (C=O) groups is 3. The summed E-state index contributed by atoms with van der Waals surface area (Å²) in [6.45, 7) is 2.92. The summed E-state index contributed by atoms with van der Waals surface area (Å²) in [6.07, 6.45) is 0. The highest BCUT2D eigenvalue weighted by Gasteiger charge is 2.15. The summed E-state index contributed by atoms with van der Waals surface area (Å²) in [5.74, 6) is -1.20. The van der Waals surface area contributed by atoms with Crippen LogP contribution in [0.15, 0.2) is 24.3 Å². The van der Waals surface area contributed by atoms with Crippen molar-refractivity contribution in [2.75, 3.05) is 10.6 Å². The standard InChI is InChI=1S/C14H16N6O3/c1-8-13(14(15)23)18-19-20(8)7-12(22)17-11-5-3-10(4-6-11)16-9(2)21/h3-6H,7H2,1-2H3,(H2,15,23)(H,16,21)(H,17,22). The van der Waals surface area contributed by atoms with E-state index < -0.39 is 5.91 Å². The average molecular weight is 316 g/mol. The third-order valence-electron chi connectivity index (χ3n) is 3.00. The molecule has 2 aromatic rings. The number of nitrogens with one attached hydrogen (secondary N) is 2. The van der Waals surface area contributed by atoms with Crippen LogP contribution in [0.1, 0.15) is 23.1 Å². The van der Waals surface area contributed by atoms with Gasteiger partial charge in [0.15, 0.2) is 5.69 Å². The zero-order chi connectivity index (χ0) is 17.0. The van der Waals surface area contributed by atoms with Gasteiger partial charge in [-0.05, 0) is 31.2 Å². The van der Waals surface area contributed by atoms with E-state index in [-0.39, 0.29) is 24.1 Å². The number of hydrogen-bond donors (Lipinski definition) is 3. The molecule has 9 heteroatoms. The highest BCUT2D eigenvalue weighted by molar-refractivity contribution is 5.93. The van der Waals surface area contributed by atoms with Crippen molar-refractivity contribution < 1.29 is 14.4 Å². The number of anilines is 2. The molecule has 1 aromatic carbocycles. The SMILES string of the molecule is CC(=O)Nc1ccc(NC(=O)Cn2nnc(C(N)=O)c2C)cc1. The van der Waals surface area contributed by atoms with Crippen LogP contribution in [-0.4, -0.2) is 32.7 Å². The Morgan fingerprint density at radius 1 is 1.13 bits per heavy atom. The number of hydrogen-bond acceptors (Lipinski definition) is 5. The van der Waals surface area contributed by atoms with Gasteiger partial charge in [0.1, 0.15) is 6.54 Å². The van der Waals surface area contributed by atoms with Gasteiger partial charge in [-0.25, -0.2) is 4.68 Å². The van der Waals surface area contributed by atoms with Gasteiger partial charge in [0.05, 0.1) is 5.69 Å². The second-order valence-corrected chi connectivity index (χ2v) is 4.85. The van der Waals surface area contributed by atoms with E-state index in [1.54, 1.807) is 31.2 Å². The zero-order valence-corrected chi connectivity index (χ0v) is 12.7. The Labute approximate surface area is 131 Å². The molecule has 4 N–H and O–H groups in total. The van der Waals surface area contributed by atoms with Crippen molar-refractivity contribution in [1.82, 2.24) is 15.0 Å². The molecule has 9 nitrogen and oxygen atoms in total. The van der Waals surface area contributed by atoms with Crippen LogP contribution in [0.25, 0.3) is 0 Å². The Balaban J connectivity index is 1.99. The third-order valence-corrected chi connectivity index (χ3v) is 3.00. The summed E-state index contributed by atoms with van der Waals surface area (Å²) in [7, 11) is 0. The minimum atomic E-state index is -0.692. The quantitative estimate of drug-likeness (QED) is 0.729. The fourth-order valence-electron chi connectivity index (χ4n) is 1.91. The molecule has 0 fully saturated rings. The Hall–Kier alpha value is -3.23. The maximum atomic E-state index is 12.0. The zero-order valence-electron chi connectivity index (χ0n) is 12.7. The van der Waals surface area contributed by atoms with Gasteiger partial charge in [0.25, 0.3) is 5.91 Å². The molecule has 0 aliphatic rings. The minimum absolute atomic E-state index is 0.0393. The van der Waals surface area contributed by atoms with Crippen molar-refractivity contribution in [3.63, 3.8) is 0 Å². The number of nitrogens with zero attached hydrogens (tertiary/aromatic N) is 3. The fourth-order valence-corrected chi connectivity index (χ4v) is 1.91. The van der Waals surface area contributed by atoms with Crippen molar-refractivity contribution in [2.45, 2.75) is 20.4 Å². The molecule has 0 saturated heterocycles. The molecule has 120 valence electrons. The van der Waals surface area contributed by atoms with Crippen LogP contribution in [0.3, 0.4) is 0 Å². The number of rotatable bonds is 5. The number of amides is 3. The first-order chi connectivity index (χ1) is 10.9. The van der Waals surface area contributed by atoms with E-state index in [1.165, 1.54) is 11.6 Å². The number of carbonyl (C=O) groups excluding carboxylic acids is 3. The number of benzene rings is 1. The first-order valence-corrected chi connectivity index (χ1v) is 6.74.